The van der Waals surface area contributed by atoms with Gasteiger partial charge in [0.1, 0.15) is 5.75 Å². The summed E-state index contributed by atoms with van der Waals surface area (Å²) in [5.41, 5.74) is 2.48. The van der Waals surface area contributed by atoms with Gasteiger partial charge in [0.2, 0.25) is 5.91 Å². The molecular weight excluding hydrogens is 288 g/mol. The Morgan fingerprint density at radius 3 is 2.76 bits per heavy atom. The Balaban J connectivity index is 0.00000161. The van der Waals surface area contributed by atoms with E-state index in [0.29, 0.717) is 0 Å². The van der Waals surface area contributed by atoms with Crippen LogP contribution in [0.4, 0.5) is 0 Å². The zero-order chi connectivity index (χ0) is 13.9. The highest BCUT2D eigenvalue weighted by molar-refractivity contribution is 5.85. The Kier molecular flexibility index (Phi) is 5.48. The monoisotopic (exact) mass is 310 g/mol. The van der Waals surface area contributed by atoms with Crippen molar-refractivity contribution in [2.75, 3.05) is 20.2 Å². The van der Waals surface area contributed by atoms with Gasteiger partial charge in [-0.2, -0.15) is 0 Å². The summed E-state index contributed by atoms with van der Waals surface area (Å²) in [7, 11) is 1.70. The van der Waals surface area contributed by atoms with Crippen LogP contribution in [0.2, 0.25) is 0 Å². The number of piperidine rings is 1. The van der Waals surface area contributed by atoms with Gasteiger partial charge in [0.25, 0.3) is 0 Å². The molecule has 0 bridgehead atoms. The minimum atomic E-state index is 0. The topological polar surface area (TPSA) is 50.4 Å². The molecule has 21 heavy (non-hydrogen) atoms. The quantitative estimate of drug-likeness (QED) is 0.900. The van der Waals surface area contributed by atoms with Crippen molar-refractivity contribution in [3.63, 3.8) is 0 Å². The first kappa shape index (κ1) is 16.1. The van der Waals surface area contributed by atoms with E-state index in [1.54, 1.807) is 7.11 Å². The largest absolute Gasteiger partial charge is 0.496 e. The third-order valence-corrected chi connectivity index (χ3v) is 4.47. The number of nitrogens with one attached hydrogen (secondary N) is 2. The van der Waals surface area contributed by atoms with E-state index < -0.39 is 0 Å². The highest BCUT2D eigenvalue weighted by atomic mass is 35.5. The molecule has 1 saturated heterocycles. The number of amides is 1. The smallest absolute Gasteiger partial charge is 0.223 e. The average molecular weight is 311 g/mol. The zero-order valence-electron chi connectivity index (χ0n) is 12.4. The molecule has 1 unspecified atom stereocenters. The molecular formula is C16H23ClN2O2. The molecule has 4 nitrogen and oxygen atoms in total. The summed E-state index contributed by atoms with van der Waals surface area (Å²) < 4.78 is 5.41. The Morgan fingerprint density at radius 1 is 1.29 bits per heavy atom. The molecule has 1 fully saturated rings. The Bertz CT molecular complexity index is 501. The predicted molar refractivity (Wildman–Crippen MR) is 85.0 cm³/mol. The molecule has 1 aliphatic heterocycles. The fraction of sp³-hybridized carbons (Fsp3) is 0.562. The van der Waals surface area contributed by atoms with Crippen LogP contribution in [0.5, 0.6) is 5.75 Å². The van der Waals surface area contributed by atoms with Gasteiger partial charge in [0.15, 0.2) is 0 Å². The molecule has 5 heteroatoms. The molecule has 1 aromatic rings. The van der Waals surface area contributed by atoms with Crippen molar-refractivity contribution in [2.24, 2.45) is 5.92 Å². The molecule has 1 amide bonds. The van der Waals surface area contributed by atoms with Gasteiger partial charge >= 0.3 is 0 Å². The number of carbonyl (C=O) groups is 1. The maximum absolute atomic E-state index is 12.3. The van der Waals surface area contributed by atoms with Crippen LogP contribution in [0.3, 0.4) is 0 Å². The highest BCUT2D eigenvalue weighted by Gasteiger charge is 2.29. The third-order valence-electron chi connectivity index (χ3n) is 4.47. The van der Waals surface area contributed by atoms with Crippen molar-refractivity contribution in [3.05, 3.63) is 29.3 Å². The Labute approximate surface area is 132 Å². The van der Waals surface area contributed by atoms with Gasteiger partial charge in [-0.3, -0.25) is 4.79 Å². The lowest BCUT2D eigenvalue weighted by Crippen LogP contribution is -2.39. The summed E-state index contributed by atoms with van der Waals surface area (Å²) in [5, 5.41) is 6.53. The summed E-state index contributed by atoms with van der Waals surface area (Å²) in [5.74, 6) is 1.33. The van der Waals surface area contributed by atoms with Gasteiger partial charge in [-0.25, -0.2) is 0 Å². The van der Waals surface area contributed by atoms with Gasteiger partial charge in [-0.05, 0) is 56.0 Å². The molecule has 0 spiro atoms. The second-order valence-corrected chi connectivity index (χ2v) is 5.65. The average Bonchev–Trinajstić information content (AvgIpc) is 2.91. The molecule has 116 valence electrons. The Hall–Kier alpha value is -1.26. The second kappa shape index (κ2) is 7.14. The summed E-state index contributed by atoms with van der Waals surface area (Å²) in [4.78, 5) is 12.3. The first-order chi connectivity index (χ1) is 9.79. The van der Waals surface area contributed by atoms with Crippen LogP contribution in [0, 0.1) is 5.92 Å². The van der Waals surface area contributed by atoms with Crippen LogP contribution >= 0.6 is 12.4 Å². The summed E-state index contributed by atoms with van der Waals surface area (Å²) >= 11 is 0. The normalized spacial score (nSPS) is 21.3. The zero-order valence-corrected chi connectivity index (χ0v) is 13.2. The number of halogens is 1. The first-order valence-electron chi connectivity index (χ1n) is 7.46. The number of fused-ring (bicyclic) bond motifs is 1. The predicted octanol–water partition coefficient (Wildman–Crippen LogP) is 2.22. The molecule has 1 heterocycles. The maximum Gasteiger partial charge on any atom is 0.223 e. The molecule has 0 aromatic heterocycles. The fourth-order valence-corrected chi connectivity index (χ4v) is 3.34. The maximum atomic E-state index is 12.3. The number of hydrogen-bond donors (Lipinski definition) is 2. The van der Waals surface area contributed by atoms with Crippen molar-refractivity contribution in [1.82, 2.24) is 10.6 Å². The molecule has 1 atom stereocenters. The number of methoxy groups -OCH3 is 1. The second-order valence-electron chi connectivity index (χ2n) is 5.65. The van der Waals surface area contributed by atoms with Crippen LogP contribution in [0.25, 0.3) is 0 Å². The fourth-order valence-electron chi connectivity index (χ4n) is 3.34. The van der Waals surface area contributed by atoms with Crippen LogP contribution in [0.1, 0.15) is 36.4 Å². The molecule has 1 aromatic carbocycles. The number of benzene rings is 1. The van der Waals surface area contributed by atoms with Crippen molar-refractivity contribution in [1.29, 1.82) is 0 Å². The van der Waals surface area contributed by atoms with Crippen molar-refractivity contribution in [2.45, 2.75) is 31.7 Å². The lowest BCUT2D eigenvalue weighted by molar-refractivity contribution is -0.126. The lowest BCUT2D eigenvalue weighted by Gasteiger charge is -2.24. The van der Waals surface area contributed by atoms with E-state index in [9.17, 15) is 4.79 Å². The van der Waals surface area contributed by atoms with Crippen molar-refractivity contribution in [3.8, 4) is 5.75 Å². The standard InChI is InChI=1S/C16H22N2O2.ClH/c1-20-15-4-2-3-12-13(15)5-6-14(12)18-16(19)11-7-9-17-10-8-11;/h2-4,11,14,17H,5-10H2,1H3,(H,18,19);1H. The molecule has 0 saturated carbocycles. The van der Waals surface area contributed by atoms with E-state index in [0.717, 1.165) is 44.5 Å². The molecule has 0 radical (unpaired) electrons. The molecule has 1 aliphatic carbocycles. The van der Waals surface area contributed by atoms with Crippen LogP contribution in [-0.4, -0.2) is 26.1 Å². The van der Waals surface area contributed by atoms with Crippen LogP contribution in [-0.2, 0) is 11.2 Å². The van der Waals surface area contributed by atoms with E-state index >= 15 is 0 Å². The molecule has 2 aliphatic rings. The molecule has 2 N–H and O–H groups in total. The van der Waals surface area contributed by atoms with E-state index in [-0.39, 0.29) is 30.3 Å². The highest BCUT2D eigenvalue weighted by Crippen LogP contribution is 2.37. The van der Waals surface area contributed by atoms with Crippen LogP contribution < -0.4 is 15.4 Å². The summed E-state index contributed by atoms with van der Waals surface area (Å²) in [6.07, 6.45) is 3.86. The van der Waals surface area contributed by atoms with Gasteiger partial charge < -0.3 is 15.4 Å². The van der Waals surface area contributed by atoms with Gasteiger partial charge in [0.05, 0.1) is 13.2 Å². The van der Waals surface area contributed by atoms with E-state index in [2.05, 4.69) is 16.7 Å². The number of ether oxygens (including phenoxy) is 1. The molecule has 3 rings (SSSR count). The number of carbonyl (C=O) groups excluding carboxylic acids is 1. The van der Waals surface area contributed by atoms with E-state index in [4.69, 9.17) is 4.74 Å². The first-order valence-corrected chi connectivity index (χ1v) is 7.46. The van der Waals surface area contributed by atoms with E-state index in [1.807, 2.05) is 12.1 Å². The Morgan fingerprint density at radius 2 is 2.05 bits per heavy atom. The summed E-state index contributed by atoms with van der Waals surface area (Å²) in [6.45, 7) is 1.90. The van der Waals surface area contributed by atoms with Gasteiger partial charge in [0, 0.05) is 5.92 Å². The number of rotatable bonds is 3. The van der Waals surface area contributed by atoms with E-state index in [1.165, 1.54) is 11.1 Å². The third kappa shape index (κ3) is 3.33. The van der Waals surface area contributed by atoms with Crippen molar-refractivity contribution >= 4 is 18.3 Å². The minimum absolute atomic E-state index is 0. The minimum Gasteiger partial charge on any atom is -0.496 e. The van der Waals surface area contributed by atoms with Gasteiger partial charge in [-0.15, -0.1) is 12.4 Å². The SMILES string of the molecule is COc1cccc2c1CCC2NC(=O)C1CCNCC1.Cl. The number of hydrogen-bond acceptors (Lipinski definition) is 3. The van der Waals surface area contributed by atoms with Crippen molar-refractivity contribution < 1.29 is 9.53 Å². The summed E-state index contributed by atoms with van der Waals surface area (Å²) in [6, 6.07) is 6.27. The lowest BCUT2D eigenvalue weighted by atomic mass is 9.96. The van der Waals surface area contributed by atoms with Gasteiger partial charge in [-0.1, -0.05) is 12.1 Å². The van der Waals surface area contributed by atoms with Crippen LogP contribution in [0.15, 0.2) is 18.2 Å².